The summed E-state index contributed by atoms with van der Waals surface area (Å²) in [6.45, 7) is 5.28. The molecule has 2 aromatic heterocycles. The summed E-state index contributed by atoms with van der Waals surface area (Å²) in [5.74, 6) is 1.53. The molecule has 0 bridgehead atoms. The maximum atomic E-state index is 13.1. The van der Waals surface area contributed by atoms with Gasteiger partial charge in [-0.15, -0.1) is 0 Å². The van der Waals surface area contributed by atoms with E-state index in [2.05, 4.69) is 18.8 Å². The molecule has 1 atom stereocenters. The Balaban J connectivity index is 1.55. The molecule has 0 amide bonds. The minimum absolute atomic E-state index is 0.0780. The molecule has 1 aromatic carbocycles. The van der Waals surface area contributed by atoms with E-state index in [1.807, 2.05) is 35.9 Å². The third-order valence-electron chi connectivity index (χ3n) is 5.38. The van der Waals surface area contributed by atoms with Gasteiger partial charge in [-0.1, -0.05) is 26.0 Å². The van der Waals surface area contributed by atoms with Crippen molar-refractivity contribution in [1.82, 2.24) is 18.8 Å². The van der Waals surface area contributed by atoms with Crippen LogP contribution in [0.5, 0.6) is 0 Å². The van der Waals surface area contributed by atoms with Gasteiger partial charge in [0.15, 0.2) is 5.65 Å². The van der Waals surface area contributed by atoms with E-state index in [1.54, 1.807) is 22.6 Å². The highest BCUT2D eigenvalue weighted by Crippen LogP contribution is 2.31. The molecule has 28 heavy (non-hydrogen) atoms. The monoisotopic (exact) mass is 398 g/mol. The number of aromatic nitrogens is 3. The van der Waals surface area contributed by atoms with E-state index in [0.29, 0.717) is 23.9 Å². The Labute approximate surface area is 166 Å². The molecule has 3 aromatic rings. The Morgan fingerprint density at radius 1 is 1.18 bits per heavy atom. The van der Waals surface area contributed by atoms with Gasteiger partial charge in [-0.3, -0.25) is 0 Å². The first-order valence-electron chi connectivity index (χ1n) is 9.72. The summed E-state index contributed by atoms with van der Waals surface area (Å²) in [7, 11) is -1.54. The molecule has 0 unspecified atom stereocenters. The van der Waals surface area contributed by atoms with E-state index in [9.17, 15) is 8.42 Å². The van der Waals surface area contributed by atoms with Crippen molar-refractivity contribution in [3.05, 3.63) is 54.0 Å². The minimum atomic E-state index is -3.49. The lowest BCUT2D eigenvalue weighted by molar-refractivity contribution is 0.470. The highest BCUT2D eigenvalue weighted by atomic mass is 32.2. The van der Waals surface area contributed by atoms with Gasteiger partial charge >= 0.3 is 0 Å². The molecule has 4 rings (SSSR count). The third kappa shape index (κ3) is 3.44. The van der Waals surface area contributed by atoms with Crippen molar-refractivity contribution in [3.63, 3.8) is 0 Å². The number of hydrogen-bond acceptors (Lipinski definition) is 4. The van der Waals surface area contributed by atoms with E-state index < -0.39 is 10.0 Å². The number of fused-ring (bicyclic) bond motifs is 1. The molecule has 1 saturated heterocycles. The average Bonchev–Trinajstić information content (AvgIpc) is 3.28. The summed E-state index contributed by atoms with van der Waals surface area (Å²) in [5, 5.41) is 0. The number of sulfonamides is 1. The highest BCUT2D eigenvalue weighted by Gasteiger charge is 2.35. The molecule has 0 N–H and O–H groups in total. The number of aryl methyl sites for hydroxylation is 1. The summed E-state index contributed by atoms with van der Waals surface area (Å²) >= 11 is 0. The maximum absolute atomic E-state index is 13.1. The molecule has 1 fully saturated rings. The van der Waals surface area contributed by atoms with Gasteiger partial charge in [0.1, 0.15) is 11.3 Å². The Morgan fingerprint density at radius 3 is 2.61 bits per heavy atom. The normalized spacial score (nSPS) is 18.4. The number of rotatable bonds is 5. The molecule has 0 radical (unpaired) electrons. The average molecular weight is 399 g/mol. The van der Waals surface area contributed by atoms with Crippen LogP contribution in [0.4, 0.5) is 0 Å². The van der Waals surface area contributed by atoms with E-state index in [4.69, 9.17) is 4.98 Å². The smallest absolute Gasteiger partial charge is 0.243 e. The lowest BCUT2D eigenvalue weighted by atomic mass is 10.0. The number of nitrogens with zero attached hydrogens (tertiary/aromatic N) is 4. The molecule has 0 saturated carbocycles. The second-order valence-electron chi connectivity index (χ2n) is 7.97. The van der Waals surface area contributed by atoms with Crippen molar-refractivity contribution < 1.29 is 8.42 Å². The minimum Gasteiger partial charge on any atom is -0.316 e. The van der Waals surface area contributed by atoms with Crippen LogP contribution >= 0.6 is 0 Å². The van der Waals surface area contributed by atoms with Crippen LogP contribution in [0.15, 0.2) is 47.5 Å². The molecular formula is C21H26N4O2S. The van der Waals surface area contributed by atoms with E-state index in [1.165, 1.54) is 5.56 Å². The zero-order valence-electron chi connectivity index (χ0n) is 16.5. The van der Waals surface area contributed by atoms with Gasteiger partial charge in [-0.05, 0) is 48.6 Å². The van der Waals surface area contributed by atoms with Crippen LogP contribution in [0.1, 0.15) is 37.6 Å². The van der Waals surface area contributed by atoms with Crippen molar-refractivity contribution in [3.8, 4) is 0 Å². The fourth-order valence-corrected chi connectivity index (χ4v) is 5.48. The summed E-state index contributed by atoms with van der Waals surface area (Å²) in [5.41, 5.74) is 2.85. The second kappa shape index (κ2) is 7.29. The van der Waals surface area contributed by atoms with E-state index in [0.717, 1.165) is 29.8 Å². The van der Waals surface area contributed by atoms with Crippen molar-refractivity contribution in [2.24, 2.45) is 13.0 Å². The molecular weight excluding hydrogens is 372 g/mol. The second-order valence-corrected chi connectivity index (χ2v) is 9.90. The largest absolute Gasteiger partial charge is 0.316 e. The fraction of sp³-hybridized carbons (Fsp3) is 0.429. The van der Waals surface area contributed by atoms with Crippen molar-refractivity contribution in [2.45, 2.75) is 37.5 Å². The fourth-order valence-electron chi connectivity index (χ4n) is 3.98. The van der Waals surface area contributed by atoms with Crippen LogP contribution in [-0.4, -0.2) is 40.3 Å². The van der Waals surface area contributed by atoms with E-state index in [-0.39, 0.29) is 5.92 Å². The first-order chi connectivity index (χ1) is 13.4. The summed E-state index contributed by atoms with van der Waals surface area (Å²) < 4.78 is 29.7. The molecule has 1 aliphatic heterocycles. The molecule has 7 heteroatoms. The van der Waals surface area contributed by atoms with Crippen LogP contribution in [-0.2, 0) is 23.5 Å². The van der Waals surface area contributed by atoms with Crippen molar-refractivity contribution >= 4 is 21.2 Å². The first kappa shape index (κ1) is 19.1. The number of pyridine rings is 1. The van der Waals surface area contributed by atoms with Crippen molar-refractivity contribution in [2.75, 3.05) is 13.1 Å². The molecule has 0 spiro atoms. The van der Waals surface area contributed by atoms with Gasteiger partial charge in [-0.2, -0.15) is 4.31 Å². The van der Waals surface area contributed by atoms with Crippen molar-refractivity contribution in [1.29, 1.82) is 0 Å². The topological polar surface area (TPSA) is 68.1 Å². The van der Waals surface area contributed by atoms with Crippen LogP contribution in [0.2, 0.25) is 0 Å². The van der Waals surface area contributed by atoms with Gasteiger partial charge in [0.2, 0.25) is 10.0 Å². The standard InChI is InChI=1S/C21H26N4O2S/c1-15(2)13-16-6-8-18(9-7-16)28(26,27)25-12-10-17(14-25)20-23-19-5-4-11-22-21(19)24(20)3/h4-9,11,15,17H,10,12-14H2,1-3H3/t17-/m0/s1. The molecule has 3 heterocycles. The third-order valence-corrected chi connectivity index (χ3v) is 7.26. The predicted molar refractivity (Wildman–Crippen MR) is 110 cm³/mol. The number of benzene rings is 1. The summed E-state index contributed by atoms with van der Waals surface area (Å²) in [6.07, 6.45) is 3.47. The van der Waals surface area contributed by atoms with Crippen LogP contribution in [0.25, 0.3) is 11.2 Å². The predicted octanol–water partition coefficient (Wildman–Crippen LogP) is 3.35. The van der Waals surface area contributed by atoms with Crippen LogP contribution in [0.3, 0.4) is 0 Å². The lowest BCUT2D eigenvalue weighted by Crippen LogP contribution is -2.29. The summed E-state index contributed by atoms with van der Waals surface area (Å²) in [6, 6.07) is 11.1. The Hall–Kier alpha value is -2.25. The number of imidazole rings is 1. The molecule has 6 nitrogen and oxygen atoms in total. The molecule has 1 aliphatic rings. The maximum Gasteiger partial charge on any atom is 0.243 e. The van der Waals surface area contributed by atoms with Gasteiger partial charge < -0.3 is 4.57 Å². The Morgan fingerprint density at radius 2 is 1.93 bits per heavy atom. The zero-order chi connectivity index (χ0) is 19.9. The van der Waals surface area contributed by atoms with Gasteiger partial charge in [0.25, 0.3) is 0 Å². The summed E-state index contributed by atoms with van der Waals surface area (Å²) in [4.78, 5) is 9.45. The SMILES string of the molecule is CC(C)Cc1ccc(S(=O)(=O)N2CC[C@H](c3nc4cccnc4n3C)C2)cc1. The zero-order valence-corrected chi connectivity index (χ0v) is 17.4. The van der Waals surface area contributed by atoms with Gasteiger partial charge in [0.05, 0.1) is 4.90 Å². The quantitative estimate of drug-likeness (QED) is 0.661. The van der Waals surface area contributed by atoms with Gasteiger partial charge in [0, 0.05) is 32.3 Å². The van der Waals surface area contributed by atoms with E-state index >= 15 is 0 Å². The first-order valence-corrected chi connectivity index (χ1v) is 11.2. The lowest BCUT2D eigenvalue weighted by Gasteiger charge is -2.17. The Kier molecular flexibility index (Phi) is 4.97. The highest BCUT2D eigenvalue weighted by molar-refractivity contribution is 7.89. The molecule has 0 aliphatic carbocycles. The Bertz CT molecular complexity index is 1090. The van der Waals surface area contributed by atoms with Gasteiger partial charge in [-0.25, -0.2) is 18.4 Å². The number of hydrogen-bond donors (Lipinski definition) is 0. The molecule has 148 valence electrons. The van der Waals surface area contributed by atoms with Crippen LogP contribution in [0, 0.1) is 5.92 Å². The van der Waals surface area contributed by atoms with Crippen LogP contribution < -0.4 is 0 Å².